The second kappa shape index (κ2) is 8.70. The maximum Gasteiger partial charge on any atom is 0.236 e. The zero-order chi connectivity index (χ0) is 16.7. The number of hydrogen-bond donors (Lipinski definition) is 1. The van der Waals surface area contributed by atoms with Gasteiger partial charge in [0.15, 0.2) is 0 Å². The molecule has 1 aliphatic rings. The minimum absolute atomic E-state index is 0.0711. The van der Waals surface area contributed by atoms with E-state index >= 15 is 0 Å². The lowest BCUT2D eigenvalue weighted by Gasteiger charge is -2.22. The number of benzene rings is 1. The molecule has 0 aromatic heterocycles. The van der Waals surface area contributed by atoms with Crippen molar-refractivity contribution in [2.45, 2.75) is 64.8 Å². The summed E-state index contributed by atoms with van der Waals surface area (Å²) in [5.74, 6) is -0.280. The molecular formula is C19H28N2O2. The fourth-order valence-corrected chi connectivity index (χ4v) is 3.23. The molecule has 1 aromatic carbocycles. The first-order chi connectivity index (χ1) is 11.1. The number of carbonyl (C=O) groups is 2. The molecule has 4 nitrogen and oxygen atoms in total. The van der Waals surface area contributed by atoms with Gasteiger partial charge in [-0.25, -0.2) is 0 Å². The van der Waals surface area contributed by atoms with Crippen LogP contribution >= 0.6 is 0 Å². The highest BCUT2D eigenvalue weighted by Gasteiger charge is 2.20. The van der Waals surface area contributed by atoms with Crippen LogP contribution in [0.25, 0.3) is 0 Å². The summed E-state index contributed by atoms with van der Waals surface area (Å²) in [6, 6.07) is 8.07. The molecule has 2 rings (SSSR count). The Bertz CT molecular complexity index is 534. The van der Waals surface area contributed by atoms with Gasteiger partial charge in [-0.3, -0.25) is 9.59 Å². The van der Waals surface area contributed by atoms with Gasteiger partial charge in [0.25, 0.3) is 0 Å². The van der Waals surface area contributed by atoms with Gasteiger partial charge in [-0.05, 0) is 44.4 Å². The highest BCUT2D eigenvalue weighted by atomic mass is 16.2. The van der Waals surface area contributed by atoms with Gasteiger partial charge in [0.1, 0.15) is 6.42 Å². The molecule has 0 aliphatic heterocycles. The van der Waals surface area contributed by atoms with E-state index in [1.165, 1.54) is 25.7 Å². The van der Waals surface area contributed by atoms with Gasteiger partial charge in [-0.15, -0.1) is 0 Å². The molecule has 126 valence electrons. The molecule has 23 heavy (non-hydrogen) atoms. The molecule has 0 unspecified atom stereocenters. The Kier molecular flexibility index (Phi) is 6.63. The average Bonchev–Trinajstić information content (AvgIpc) is 2.76. The first-order valence-corrected chi connectivity index (χ1v) is 8.76. The maximum absolute atomic E-state index is 12.5. The van der Waals surface area contributed by atoms with Crippen molar-refractivity contribution in [1.82, 2.24) is 5.32 Å². The first-order valence-electron chi connectivity index (χ1n) is 8.76. The molecule has 0 heterocycles. The maximum atomic E-state index is 12.5. The topological polar surface area (TPSA) is 49.4 Å². The molecule has 0 spiro atoms. The Morgan fingerprint density at radius 1 is 1.17 bits per heavy atom. The van der Waals surface area contributed by atoms with Crippen molar-refractivity contribution >= 4 is 17.5 Å². The van der Waals surface area contributed by atoms with E-state index in [-0.39, 0.29) is 24.3 Å². The Morgan fingerprint density at radius 2 is 1.87 bits per heavy atom. The Morgan fingerprint density at radius 3 is 2.48 bits per heavy atom. The summed E-state index contributed by atoms with van der Waals surface area (Å²) in [4.78, 5) is 26.3. The van der Waals surface area contributed by atoms with Crippen LogP contribution in [0.5, 0.6) is 0 Å². The van der Waals surface area contributed by atoms with E-state index in [2.05, 4.69) is 5.32 Å². The van der Waals surface area contributed by atoms with Crippen LogP contribution in [0, 0.1) is 6.92 Å². The summed E-state index contributed by atoms with van der Waals surface area (Å²) in [6.45, 7) is 4.50. The van der Waals surface area contributed by atoms with Crippen molar-refractivity contribution in [3.8, 4) is 0 Å². The van der Waals surface area contributed by atoms with Crippen LogP contribution in [0.4, 0.5) is 5.69 Å². The standard InChI is InChI=1S/C19H28N2O2/c1-3-21(17-12-8-9-15(2)13-17)19(23)14-18(22)20-16-10-6-4-5-7-11-16/h8-9,12-13,16H,3-7,10-11,14H2,1-2H3,(H,20,22). The van der Waals surface area contributed by atoms with Crippen molar-refractivity contribution in [1.29, 1.82) is 0 Å². The molecule has 0 atom stereocenters. The number of aryl methyl sites for hydroxylation is 1. The van der Waals surface area contributed by atoms with Crippen LogP contribution in [0.15, 0.2) is 24.3 Å². The fourth-order valence-electron chi connectivity index (χ4n) is 3.23. The highest BCUT2D eigenvalue weighted by Crippen LogP contribution is 2.18. The van der Waals surface area contributed by atoms with Gasteiger partial charge >= 0.3 is 0 Å². The van der Waals surface area contributed by atoms with Crippen molar-refractivity contribution < 1.29 is 9.59 Å². The molecule has 1 aliphatic carbocycles. The predicted octanol–water partition coefficient (Wildman–Crippen LogP) is 3.58. The van der Waals surface area contributed by atoms with Crippen molar-refractivity contribution in [3.63, 3.8) is 0 Å². The summed E-state index contributed by atoms with van der Waals surface area (Å²) in [5.41, 5.74) is 1.97. The smallest absolute Gasteiger partial charge is 0.236 e. The predicted molar refractivity (Wildman–Crippen MR) is 93.5 cm³/mol. The number of anilines is 1. The normalized spacial score (nSPS) is 15.7. The third kappa shape index (κ3) is 5.38. The van der Waals surface area contributed by atoms with E-state index in [1.54, 1.807) is 4.90 Å². The van der Waals surface area contributed by atoms with E-state index in [0.29, 0.717) is 6.54 Å². The molecule has 0 bridgehead atoms. The summed E-state index contributed by atoms with van der Waals surface area (Å²) in [5, 5.41) is 3.05. The van der Waals surface area contributed by atoms with E-state index in [9.17, 15) is 9.59 Å². The average molecular weight is 316 g/mol. The summed E-state index contributed by atoms with van der Waals surface area (Å²) < 4.78 is 0. The van der Waals surface area contributed by atoms with E-state index in [0.717, 1.165) is 24.1 Å². The van der Waals surface area contributed by atoms with Crippen LogP contribution in [0.1, 0.15) is 57.4 Å². The molecule has 0 radical (unpaired) electrons. The zero-order valence-corrected chi connectivity index (χ0v) is 14.3. The third-order valence-electron chi connectivity index (χ3n) is 4.46. The molecule has 2 amide bonds. The van der Waals surface area contributed by atoms with Crippen molar-refractivity contribution in [3.05, 3.63) is 29.8 Å². The SMILES string of the molecule is CCN(C(=O)CC(=O)NC1CCCCCC1)c1cccc(C)c1. The molecule has 1 saturated carbocycles. The molecule has 4 heteroatoms. The van der Waals surface area contributed by atoms with Crippen LogP contribution in [-0.4, -0.2) is 24.4 Å². The van der Waals surface area contributed by atoms with E-state index in [4.69, 9.17) is 0 Å². The summed E-state index contributed by atoms with van der Waals surface area (Å²) >= 11 is 0. The number of carbonyl (C=O) groups excluding carboxylic acids is 2. The Balaban J connectivity index is 1.92. The Hall–Kier alpha value is -1.84. The number of nitrogens with zero attached hydrogens (tertiary/aromatic N) is 1. The monoisotopic (exact) mass is 316 g/mol. The second-order valence-electron chi connectivity index (χ2n) is 6.41. The number of rotatable bonds is 5. The number of hydrogen-bond acceptors (Lipinski definition) is 2. The minimum Gasteiger partial charge on any atom is -0.353 e. The van der Waals surface area contributed by atoms with Gasteiger partial charge in [-0.2, -0.15) is 0 Å². The lowest BCUT2D eigenvalue weighted by Crippen LogP contribution is -2.39. The lowest BCUT2D eigenvalue weighted by molar-refractivity contribution is -0.128. The summed E-state index contributed by atoms with van der Waals surface area (Å²) in [6.07, 6.45) is 6.85. The van der Waals surface area contributed by atoms with Gasteiger partial charge in [0.05, 0.1) is 0 Å². The minimum atomic E-state index is -0.145. The van der Waals surface area contributed by atoms with Gasteiger partial charge < -0.3 is 10.2 Å². The van der Waals surface area contributed by atoms with E-state index in [1.807, 2.05) is 38.1 Å². The Labute approximate surface area is 139 Å². The molecule has 1 N–H and O–H groups in total. The van der Waals surface area contributed by atoms with Crippen LogP contribution < -0.4 is 10.2 Å². The van der Waals surface area contributed by atoms with Gasteiger partial charge in [0.2, 0.25) is 11.8 Å². The first kappa shape index (κ1) is 17.5. The van der Waals surface area contributed by atoms with Crippen LogP contribution in [0.2, 0.25) is 0 Å². The van der Waals surface area contributed by atoms with E-state index < -0.39 is 0 Å². The van der Waals surface area contributed by atoms with Crippen molar-refractivity contribution in [2.24, 2.45) is 0 Å². The zero-order valence-electron chi connectivity index (χ0n) is 14.3. The summed E-state index contributed by atoms with van der Waals surface area (Å²) in [7, 11) is 0. The van der Waals surface area contributed by atoms with Gasteiger partial charge in [-0.1, -0.05) is 37.8 Å². The second-order valence-corrected chi connectivity index (χ2v) is 6.41. The molecule has 0 saturated heterocycles. The van der Waals surface area contributed by atoms with Gasteiger partial charge in [0, 0.05) is 18.3 Å². The molecular weight excluding hydrogens is 288 g/mol. The van der Waals surface area contributed by atoms with Crippen LogP contribution in [0.3, 0.4) is 0 Å². The van der Waals surface area contributed by atoms with Crippen molar-refractivity contribution in [2.75, 3.05) is 11.4 Å². The quantitative estimate of drug-likeness (QED) is 0.667. The third-order valence-corrected chi connectivity index (χ3v) is 4.46. The fraction of sp³-hybridized carbons (Fsp3) is 0.579. The molecule has 1 fully saturated rings. The lowest BCUT2D eigenvalue weighted by atomic mass is 10.1. The number of amides is 2. The largest absolute Gasteiger partial charge is 0.353 e. The molecule has 1 aromatic rings. The number of nitrogens with one attached hydrogen (secondary N) is 1. The highest BCUT2D eigenvalue weighted by molar-refractivity contribution is 6.05. The van der Waals surface area contributed by atoms with Crippen LogP contribution in [-0.2, 0) is 9.59 Å².